The average molecular weight is 426 g/mol. The highest BCUT2D eigenvalue weighted by Crippen LogP contribution is 2.39. The van der Waals surface area contributed by atoms with E-state index in [0.29, 0.717) is 23.7 Å². The Balaban J connectivity index is 0.000000480. The van der Waals surface area contributed by atoms with Crippen molar-refractivity contribution in [3.63, 3.8) is 0 Å². The highest BCUT2D eigenvalue weighted by Gasteiger charge is 2.40. The largest absolute Gasteiger partial charge is 0.490 e. The average Bonchev–Trinajstić information content (AvgIpc) is 2.92. The van der Waals surface area contributed by atoms with Gasteiger partial charge in [0.2, 0.25) is 11.8 Å². The molecule has 3 N–H and O–H groups in total. The van der Waals surface area contributed by atoms with Gasteiger partial charge < -0.3 is 19.7 Å². The van der Waals surface area contributed by atoms with Crippen molar-refractivity contribution in [2.75, 3.05) is 0 Å². The molecule has 1 aromatic rings. The lowest BCUT2D eigenvalue weighted by molar-refractivity contribution is -0.192. The van der Waals surface area contributed by atoms with Crippen LogP contribution in [0.4, 0.5) is 13.2 Å². The quantitative estimate of drug-likeness (QED) is 0.684. The fourth-order valence-electron chi connectivity index (χ4n) is 2.38. The van der Waals surface area contributed by atoms with Crippen LogP contribution in [0.25, 0.3) is 0 Å². The van der Waals surface area contributed by atoms with E-state index in [1.165, 1.54) is 0 Å². The Hall–Kier alpha value is -1.46. The Morgan fingerprint density at radius 3 is 2.21 bits per heavy atom. The molecule has 7 nitrogen and oxygen atoms in total. The molecule has 1 atom stereocenters. The standard InChI is InChI=1S/C15H29N3O2Si.C2HF3O2/c1-10(20-21(5,6)15(2,3)4)14-18-17-13(19-14)9-11-7-12(16)8-11;3-2(4,5)1(6)7/h10-12H,7-9,16H2,1-6H3;(H,6,7)/t10?,11-,12+;. The number of nitrogens with two attached hydrogens (primary N) is 1. The number of halogens is 3. The minimum absolute atomic E-state index is 0.143. The number of carboxylic acids is 1. The van der Waals surface area contributed by atoms with E-state index in [2.05, 4.69) is 44.1 Å². The second kappa shape index (κ2) is 8.91. The van der Waals surface area contributed by atoms with Gasteiger partial charge in [0.15, 0.2) is 8.32 Å². The van der Waals surface area contributed by atoms with Gasteiger partial charge in [-0.25, -0.2) is 4.79 Å². The van der Waals surface area contributed by atoms with Crippen molar-refractivity contribution in [3.05, 3.63) is 11.8 Å². The van der Waals surface area contributed by atoms with Crippen LogP contribution in [0.15, 0.2) is 4.42 Å². The fraction of sp³-hybridized carbons (Fsp3) is 0.824. The molecule has 1 heterocycles. The van der Waals surface area contributed by atoms with Crippen molar-refractivity contribution in [2.45, 2.75) is 83.4 Å². The van der Waals surface area contributed by atoms with Crippen LogP contribution in [0.2, 0.25) is 18.1 Å². The van der Waals surface area contributed by atoms with Crippen molar-refractivity contribution >= 4 is 14.3 Å². The van der Waals surface area contributed by atoms with Crippen LogP contribution in [-0.4, -0.2) is 41.8 Å². The number of alkyl halides is 3. The van der Waals surface area contributed by atoms with Crippen LogP contribution in [0.5, 0.6) is 0 Å². The number of aliphatic carboxylic acids is 1. The molecule has 0 amide bonds. The minimum Gasteiger partial charge on any atom is -0.475 e. The van der Waals surface area contributed by atoms with E-state index in [1.54, 1.807) is 0 Å². The minimum atomic E-state index is -5.08. The zero-order valence-corrected chi connectivity index (χ0v) is 18.1. The summed E-state index contributed by atoms with van der Waals surface area (Å²) in [5.74, 6) is -0.844. The molecule has 28 heavy (non-hydrogen) atoms. The molecule has 1 saturated carbocycles. The zero-order valence-electron chi connectivity index (χ0n) is 17.1. The first-order valence-corrected chi connectivity index (χ1v) is 12.0. The van der Waals surface area contributed by atoms with E-state index in [4.69, 9.17) is 24.5 Å². The zero-order chi connectivity index (χ0) is 21.9. The second-order valence-corrected chi connectivity index (χ2v) is 13.4. The lowest BCUT2D eigenvalue weighted by Crippen LogP contribution is -2.41. The Morgan fingerprint density at radius 2 is 1.82 bits per heavy atom. The molecule has 11 heteroatoms. The van der Waals surface area contributed by atoms with E-state index in [-0.39, 0.29) is 11.1 Å². The van der Waals surface area contributed by atoms with Gasteiger partial charge in [-0.1, -0.05) is 20.8 Å². The van der Waals surface area contributed by atoms with Crippen molar-refractivity contribution in [2.24, 2.45) is 11.7 Å². The molecule has 1 unspecified atom stereocenters. The van der Waals surface area contributed by atoms with Gasteiger partial charge in [0.25, 0.3) is 0 Å². The van der Waals surface area contributed by atoms with Crippen LogP contribution in [0, 0.1) is 5.92 Å². The Bertz CT molecular complexity index is 653. The van der Waals surface area contributed by atoms with Gasteiger partial charge in [-0.3, -0.25) is 0 Å². The summed E-state index contributed by atoms with van der Waals surface area (Å²) in [6.07, 6.45) is -2.26. The Labute approximate surface area is 164 Å². The first-order chi connectivity index (χ1) is 12.5. The number of nitrogens with zero attached hydrogens (tertiary/aromatic N) is 2. The van der Waals surface area contributed by atoms with E-state index in [1.807, 2.05) is 6.92 Å². The predicted octanol–water partition coefficient (Wildman–Crippen LogP) is 4.07. The lowest BCUT2D eigenvalue weighted by Gasteiger charge is -2.37. The highest BCUT2D eigenvalue weighted by atomic mass is 28.4. The molecule has 0 spiro atoms. The number of aromatic nitrogens is 2. The molecule has 1 aromatic heterocycles. The first kappa shape index (κ1) is 24.6. The fourth-order valence-corrected chi connectivity index (χ4v) is 3.72. The Kier molecular flexibility index (Phi) is 7.82. The highest BCUT2D eigenvalue weighted by molar-refractivity contribution is 6.74. The molecule has 0 bridgehead atoms. The van der Waals surface area contributed by atoms with Crippen LogP contribution in [0.3, 0.4) is 0 Å². The molecule has 162 valence electrons. The normalized spacial score (nSPS) is 21.4. The molecule has 1 aliphatic rings. The molecule has 0 aromatic carbocycles. The molecular weight excluding hydrogens is 395 g/mol. The van der Waals surface area contributed by atoms with Gasteiger partial charge in [0.05, 0.1) is 0 Å². The maximum Gasteiger partial charge on any atom is 0.490 e. The Morgan fingerprint density at radius 1 is 1.32 bits per heavy atom. The van der Waals surface area contributed by atoms with Crippen LogP contribution in [0.1, 0.15) is 58.4 Å². The molecule has 0 saturated heterocycles. The summed E-state index contributed by atoms with van der Waals surface area (Å²) in [7, 11) is -1.82. The third-order valence-electron chi connectivity index (χ3n) is 5.09. The predicted molar refractivity (Wildman–Crippen MR) is 99.1 cm³/mol. The summed E-state index contributed by atoms with van der Waals surface area (Å²) in [6, 6.07) is 0.359. The number of carbonyl (C=O) groups is 1. The molecular formula is C17H30F3N3O4Si. The summed E-state index contributed by atoms with van der Waals surface area (Å²) < 4.78 is 43.8. The van der Waals surface area contributed by atoms with Crippen molar-refractivity contribution in [1.82, 2.24) is 10.2 Å². The van der Waals surface area contributed by atoms with Crippen molar-refractivity contribution in [3.8, 4) is 0 Å². The molecule has 2 rings (SSSR count). The van der Waals surface area contributed by atoms with E-state index >= 15 is 0 Å². The van der Waals surface area contributed by atoms with Gasteiger partial charge in [-0.2, -0.15) is 13.2 Å². The van der Waals surface area contributed by atoms with Crippen molar-refractivity contribution in [1.29, 1.82) is 0 Å². The van der Waals surface area contributed by atoms with Gasteiger partial charge in [-0.05, 0) is 43.8 Å². The number of hydrogen-bond donors (Lipinski definition) is 2. The summed E-state index contributed by atoms with van der Waals surface area (Å²) in [4.78, 5) is 8.90. The van der Waals surface area contributed by atoms with Crippen LogP contribution in [-0.2, 0) is 15.6 Å². The van der Waals surface area contributed by atoms with E-state index in [9.17, 15) is 13.2 Å². The molecule has 0 radical (unpaired) electrons. The van der Waals surface area contributed by atoms with Gasteiger partial charge in [0.1, 0.15) is 6.10 Å². The third-order valence-corrected chi connectivity index (χ3v) is 9.64. The summed E-state index contributed by atoms with van der Waals surface area (Å²) >= 11 is 0. The first-order valence-electron chi connectivity index (χ1n) is 9.08. The molecule has 0 aliphatic heterocycles. The lowest BCUT2D eigenvalue weighted by atomic mass is 9.79. The van der Waals surface area contributed by atoms with Gasteiger partial charge in [-0.15, -0.1) is 10.2 Å². The maximum absolute atomic E-state index is 10.6. The van der Waals surface area contributed by atoms with Crippen LogP contribution < -0.4 is 5.73 Å². The summed E-state index contributed by atoms with van der Waals surface area (Å²) in [5, 5.41) is 15.6. The SMILES string of the molecule is CC(O[Si](C)(C)C(C)(C)C)c1nnc(C[C@H]2C[C@@H](N)C2)o1.O=C(O)C(F)(F)F. The smallest absolute Gasteiger partial charge is 0.475 e. The second-order valence-electron chi connectivity index (χ2n) is 8.66. The monoisotopic (exact) mass is 425 g/mol. The maximum atomic E-state index is 10.6. The van der Waals surface area contributed by atoms with E-state index < -0.39 is 20.5 Å². The van der Waals surface area contributed by atoms with Crippen LogP contribution >= 0.6 is 0 Å². The summed E-state index contributed by atoms with van der Waals surface area (Å²) in [6.45, 7) is 13.1. The third kappa shape index (κ3) is 7.17. The molecule has 1 fully saturated rings. The van der Waals surface area contributed by atoms with E-state index in [0.717, 1.165) is 19.3 Å². The topological polar surface area (TPSA) is 111 Å². The van der Waals surface area contributed by atoms with Crippen molar-refractivity contribution < 1.29 is 31.9 Å². The number of hydrogen-bond acceptors (Lipinski definition) is 6. The number of rotatable bonds is 5. The van der Waals surface area contributed by atoms with Gasteiger partial charge >= 0.3 is 12.1 Å². The number of carboxylic acid groups (broad SMARTS) is 1. The summed E-state index contributed by atoms with van der Waals surface area (Å²) in [5.41, 5.74) is 5.80. The molecule has 1 aliphatic carbocycles. The van der Waals surface area contributed by atoms with Gasteiger partial charge in [0, 0.05) is 12.5 Å².